The summed E-state index contributed by atoms with van der Waals surface area (Å²) in [6, 6.07) is 9.20. The Morgan fingerprint density at radius 3 is 1.97 bits per heavy atom. The van der Waals surface area contributed by atoms with E-state index in [0.29, 0.717) is 0 Å². The van der Waals surface area contributed by atoms with Crippen LogP contribution >= 0.6 is 0 Å². The summed E-state index contributed by atoms with van der Waals surface area (Å²) in [5, 5.41) is 5.35. The van der Waals surface area contributed by atoms with Gasteiger partial charge in [-0.1, -0.05) is 24.3 Å². The van der Waals surface area contributed by atoms with Crippen LogP contribution in [0.15, 0.2) is 58.3 Å². The number of fused-ring (bicyclic) bond motifs is 2. The van der Waals surface area contributed by atoms with E-state index in [2.05, 4.69) is 10.6 Å². The highest BCUT2D eigenvalue weighted by atomic mass is 32.2. The maximum absolute atomic E-state index is 13.4. The molecule has 0 radical (unpaired) electrons. The zero-order valence-corrected chi connectivity index (χ0v) is 21.8. The fraction of sp³-hybridized carbons (Fsp3) is 0.125. The minimum atomic E-state index is -4.97. The first-order valence-electron chi connectivity index (χ1n) is 11.1. The third-order valence-corrected chi connectivity index (χ3v) is 7.84. The first-order chi connectivity index (χ1) is 18.1. The molecule has 8 N–H and O–H groups in total. The van der Waals surface area contributed by atoms with Crippen molar-refractivity contribution in [3.05, 3.63) is 70.8 Å². The third-order valence-electron chi connectivity index (χ3n) is 6.05. The molecule has 15 heteroatoms. The highest BCUT2D eigenvalue weighted by Gasteiger charge is 2.36. The molecule has 0 heterocycles. The van der Waals surface area contributed by atoms with Gasteiger partial charge >= 0.3 is 0 Å². The second-order valence-electron chi connectivity index (χ2n) is 8.67. The summed E-state index contributed by atoms with van der Waals surface area (Å²) in [7, 11) is -9.81. The van der Waals surface area contributed by atoms with Crippen molar-refractivity contribution in [3.63, 3.8) is 0 Å². The number of nitrogens with two attached hydrogens (primary N) is 2. The lowest BCUT2D eigenvalue weighted by molar-refractivity contribution is -0.117. The molecule has 1 unspecified atom stereocenters. The fourth-order valence-corrected chi connectivity index (χ4v) is 5.43. The van der Waals surface area contributed by atoms with E-state index < -0.39 is 58.9 Å². The van der Waals surface area contributed by atoms with Gasteiger partial charge in [-0.2, -0.15) is 16.8 Å². The number of rotatable bonds is 8. The van der Waals surface area contributed by atoms with Crippen LogP contribution < -0.4 is 22.1 Å². The minimum Gasteiger partial charge on any atom is -0.397 e. The topological polar surface area (TPSA) is 236 Å². The molecule has 1 aliphatic carbocycles. The van der Waals surface area contributed by atoms with E-state index >= 15 is 0 Å². The van der Waals surface area contributed by atoms with Crippen LogP contribution in [-0.4, -0.2) is 55.9 Å². The Labute approximate surface area is 222 Å². The van der Waals surface area contributed by atoms with Crippen LogP contribution in [0.5, 0.6) is 0 Å². The summed E-state index contributed by atoms with van der Waals surface area (Å²) in [6.45, 7) is 1.10. The molecular weight excluding hydrogens is 552 g/mol. The van der Waals surface area contributed by atoms with Gasteiger partial charge in [-0.05, 0) is 31.2 Å². The van der Waals surface area contributed by atoms with Crippen LogP contribution in [0.1, 0.15) is 38.8 Å². The number of anilines is 4. The summed E-state index contributed by atoms with van der Waals surface area (Å²) < 4.78 is 67.9. The summed E-state index contributed by atoms with van der Waals surface area (Å²) in [6.07, 6.45) is 0. The van der Waals surface area contributed by atoms with E-state index in [4.69, 9.17) is 11.5 Å². The molecule has 0 bridgehead atoms. The van der Waals surface area contributed by atoms with Gasteiger partial charge in [-0.3, -0.25) is 23.5 Å². The molecule has 1 aliphatic rings. The van der Waals surface area contributed by atoms with Crippen molar-refractivity contribution in [2.75, 3.05) is 22.9 Å². The van der Waals surface area contributed by atoms with E-state index in [1.807, 2.05) is 0 Å². The molecule has 0 saturated heterocycles. The number of carbonyl (C=O) groups is 3. The number of ketones is 3. The first-order valence-corrected chi connectivity index (χ1v) is 14.0. The van der Waals surface area contributed by atoms with E-state index in [0.717, 1.165) is 12.1 Å². The summed E-state index contributed by atoms with van der Waals surface area (Å²) in [5.74, 6) is -1.80. The van der Waals surface area contributed by atoms with Crippen molar-refractivity contribution in [1.29, 1.82) is 0 Å². The maximum Gasteiger partial charge on any atom is 0.296 e. The predicted molar refractivity (Wildman–Crippen MR) is 141 cm³/mol. The molecule has 0 saturated carbocycles. The van der Waals surface area contributed by atoms with Gasteiger partial charge in [0.25, 0.3) is 20.2 Å². The lowest BCUT2D eigenvalue weighted by Gasteiger charge is -2.24. The van der Waals surface area contributed by atoms with Crippen LogP contribution in [0, 0.1) is 0 Å². The van der Waals surface area contributed by atoms with Crippen LogP contribution in [0.2, 0.25) is 0 Å². The minimum absolute atomic E-state index is 0.0204. The van der Waals surface area contributed by atoms with E-state index in [1.54, 1.807) is 0 Å². The maximum atomic E-state index is 13.4. The standard InChI is InChI=1S/C24H22N4O9S2/c1-11(29)15(25)10-27-16-7-6-12(8-18(16)38(32,33)34)28-17-9-19(39(35,36)37)22(26)21-20(17)23(30)13-4-2-3-5-14(13)24(21)31/h2-9,15,27-28H,10,25-26H2,1H3,(H,32,33,34)(H,35,36,37). The average Bonchev–Trinajstić information content (AvgIpc) is 2.85. The molecule has 0 fully saturated rings. The van der Waals surface area contributed by atoms with Crippen molar-refractivity contribution in [2.45, 2.75) is 22.8 Å². The lowest BCUT2D eigenvalue weighted by Crippen LogP contribution is -2.35. The SMILES string of the molecule is CC(=O)C(N)CNc1ccc(Nc2cc(S(=O)(=O)O)c(N)c3c2C(=O)c2ccccc2C3=O)cc1S(=O)(=O)O. The van der Waals surface area contributed by atoms with Gasteiger partial charge < -0.3 is 22.1 Å². The second-order valence-corrected chi connectivity index (χ2v) is 11.5. The highest BCUT2D eigenvalue weighted by Crippen LogP contribution is 2.40. The van der Waals surface area contributed by atoms with Crippen LogP contribution in [-0.2, 0) is 25.0 Å². The van der Waals surface area contributed by atoms with Gasteiger partial charge in [-0.15, -0.1) is 0 Å². The molecule has 3 aromatic rings. The Morgan fingerprint density at radius 1 is 0.872 bits per heavy atom. The number of nitrogens with one attached hydrogen (secondary N) is 2. The smallest absolute Gasteiger partial charge is 0.296 e. The molecule has 1 atom stereocenters. The van der Waals surface area contributed by atoms with Crippen LogP contribution in [0.25, 0.3) is 0 Å². The monoisotopic (exact) mass is 574 g/mol. The summed E-state index contributed by atoms with van der Waals surface area (Å²) >= 11 is 0. The molecule has 13 nitrogen and oxygen atoms in total. The molecule has 3 aromatic carbocycles. The molecule has 0 amide bonds. The zero-order valence-electron chi connectivity index (χ0n) is 20.1. The Morgan fingerprint density at radius 2 is 1.44 bits per heavy atom. The first kappa shape index (κ1) is 27.9. The molecular formula is C24H22N4O9S2. The van der Waals surface area contributed by atoms with Gasteiger partial charge in [0.15, 0.2) is 11.6 Å². The molecule has 204 valence electrons. The zero-order chi connectivity index (χ0) is 28.9. The summed E-state index contributed by atoms with van der Waals surface area (Å²) in [5.41, 5.74) is 9.79. The van der Waals surface area contributed by atoms with Crippen LogP contribution in [0.3, 0.4) is 0 Å². The third kappa shape index (κ3) is 5.25. The number of hydrogen-bond donors (Lipinski definition) is 6. The number of hydrogen-bond acceptors (Lipinski definition) is 11. The van der Waals surface area contributed by atoms with Crippen molar-refractivity contribution in [2.24, 2.45) is 5.73 Å². The van der Waals surface area contributed by atoms with Crippen molar-refractivity contribution < 1.29 is 40.3 Å². The average molecular weight is 575 g/mol. The normalized spacial score (nSPS) is 13.8. The molecule has 4 rings (SSSR count). The summed E-state index contributed by atoms with van der Waals surface area (Å²) in [4.78, 5) is 36.6. The number of carbonyl (C=O) groups excluding carboxylic acids is 3. The van der Waals surface area contributed by atoms with E-state index in [9.17, 15) is 40.3 Å². The Balaban J connectivity index is 1.88. The van der Waals surface area contributed by atoms with Gasteiger partial charge in [0, 0.05) is 23.4 Å². The number of Topliss-reactive ketones (excluding diaryl/α,β-unsaturated/α-hetero) is 1. The quantitative estimate of drug-likeness (QED) is 0.130. The Hall–Kier alpha value is -4.15. The Bertz CT molecular complexity index is 1790. The Kier molecular flexibility index (Phi) is 7.05. The van der Waals surface area contributed by atoms with Gasteiger partial charge in [0.1, 0.15) is 15.6 Å². The van der Waals surface area contributed by atoms with Gasteiger partial charge in [-0.25, -0.2) is 0 Å². The molecule has 0 aliphatic heterocycles. The fourth-order valence-electron chi connectivity index (χ4n) is 4.08. The predicted octanol–water partition coefficient (Wildman–Crippen LogP) is 1.61. The van der Waals surface area contributed by atoms with E-state index in [1.165, 1.54) is 43.3 Å². The van der Waals surface area contributed by atoms with Crippen molar-refractivity contribution >= 4 is 60.3 Å². The number of nitrogen functional groups attached to an aromatic ring is 1. The molecule has 0 aromatic heterocycles. The largest absolute Gasteiger partial charge is 0.397 e. The van der Waals surface area contributed by atoms with Crippen molar-refractivity contribution in [3.8, 4) is 0 Å². The highest BCUT2D eigenvalue weighted by molar-refractivity contribution is 7.86. The molecule has 39 heavy (non-hydrogen) atoms. The van der Waals surface area contributed by atoms with E-state index in [-0.39, 0.29) is 46.1 Å². The molecule has 0 spiro atoms. The second kappa shape index (κ2) is 9.87. The van der Waals surface area contributed by atoms with Crippen LogP contribution in [0.4, 0.5) is 22.7 Å². The van der Waals surface area contributed by atoms with Gasteiger partial charge in [0.05, 0.1) is 34.2 Å². The van der Waals surface area contributed by atoms with Crippen molar-refractivity contribution in [1.82, 2.24) is 0 Å². The number of benzene rings is 3. The van der Waals surface area contributed by atoms with Gasteiger partial charge in [0.2, 0.25) is 0 Å². The lowest BCUT2D eigenvalue weighted by atomic mass is 9.82.